The van der Waals surface area contributed by atoms with E-state index in [1.165, 1.54) is 0 Å². The molecule has 21 heavy (non-hydrogen) atoms. The molecular weight excluding hydrogens is 432 g/mol. The number of rotatable bonds is 3. The molecule has 0 heterocycles. The number of nitrogens with one attached hydrogen (secondary N) is 1. The minimum absolute atomic E-state index is 0.122. The van der Waals surface area contributed by atoms with Crippen LogP contribution in [-0.4, -0.2) is 14.3 Å². The third-order valence-corrected chi connectivity index (χ3v) is 4.58. The summed E-state index contributed by atoms with van der Waals surface area (Å²) in [4.78, 5) is 11.6. The summed E-state index contributed by atoms with van der Waals surface area (Å²) < 4.78 is 36.8. The van der Waals surface area contributed by atoms with Crippen LogP contribution in [0.25, 0.3) is 0 Å². The Bertz CT molecular complexity index is 811. The molecule has 2 aromatic carbocycles. The first-order chi connectivity index (χ1) is 9.77. The molecular formula is C13H8ClFINO3S. The van der Waals surface area contributed by atoms with Gasteiger partial charge in [0, 0.05) is 19.8 Å². The first-order valence-electron chi connectivity index (χ1n) is 5.58. The lowest BCUT2D eigenvalue weighted by Crippen LogP contribution is -2.13. The molecule has 0 unspecified atom stereocenters. The van der Waals surface area contributed by atoms with Gasteiger partial charge in [-0.3, -0.25) is 4.79 Å². The van der Waals surface area contributed by atoms with Crippen LogP contribution in [0.5, 0.6) is 0 Å². The van der Waals surface area contributed by atoms with Gasteiger partial charge in [-0.2, -0.15) is 0 Å². The second-order valence-electron chi connectivity index (χ2n) is 4.04. The molecule has 1 amide bonds. The van der Waals surface area contributed by atoms with Gasteiger partial charge >= 0.3 is 0 Å². The zero-order chi connectivity index (χ0) is 15.6. The van der Waals surface area contributed by atoms with Crippen LogP contribution < -0.4 is 5.32 Å². The molecule has 2 aromatic rings. The van der Waals surface area contributed by atoms with E-state index in [4.69, 9.17) is 10.7 Å². The smallest absolute Gasteiger partial charge is 0.261 e. The SMILES string of the molecule is O=C(Nc1ccc(S(=O)(=O)Cl)cc1F)c1cccc(I)c1. The Hall–Kier alpha value is -1.19. The van der Waals surface area contributed by atoms with E-state index in [9.17, 15) is 17.6 Å². The van der Waals surface area contributed by atoms with Crippen molar-refractivity contribution in [2.24, 2.45) is 0 Å². The lowest BCUT2D eigenvalue weighted by Gasteiger charge is -2.07. The van der Waals surface area contributed by atoms with Gasteiger partial charge in [-0.25, -0.2) is 12.8 Å². The molecule has 1 N–H and O–H groups in total. The normalized spacial score (nSPS) is 11.2. The van der Waals surface area contributed by atoms with Crippen molar-refractivity contribution in [3.63, 3.8) is 0 Å². The molecule has 4 nitrogen and oxygen atoms in total. The lowest BCUT2D eigenvalue weighted by atomic mass is 10.2. The third-order valence-electron chi connectivity index (χ3n) is 2.56. The second kappa shape index (κ2) is 6.29. The fraction of sp³-hybridized carbons (Fsp3) is 0. The number of carbonyl (C=O) groups is 1. The molecule has 2 rings (SSSR count). The van der Waals surface area contributed by atoms with Gasteiger partial charge in [0.2, 0.25) is 0 Å². The van der Waals surface area contributed by atoms with Crippen LogP contribution >= 0.6 is 33.3 Å². The van der Waals surface area contributed by atoms with E-state index in [1.807, 2.05) is 6.07 Å². The second-order valence-corrected chi connectivity index (χ2v) is 7.86. The molecule has 110 valence electrons. The van der Waals surface area contributed by atoms with Crippen LogP contribution in [0.2, 0.25) is 0 Å². The Morgan fingerprint density at radius 2 is 1.90 bits per heavy atom. The van der Waals surface area contributed by atoms with E-state index in [0.717, 1.165) is 21.8 Å². The van der Waals surface area contributed by atoms with Gasteiger partial charge in [-0.05, 0) is 59.0 Å². The molecule has 0 aliphatic carbocycles. The highest BCUT2D eigenvalue weighted by molar-refractivity contribution is 14.1. The number of amides is 1. The number of halogens is 3. The molecule has 0 bridgehead atoms. The van der Waals surface area contributed by atoms with Gasteiger partial charge in [0.25, 0.3) is 15.0 Å². The summed E-state index contributed by atoms with van der Waals surface area (Å²) in [7, 11) is 1.11. The van der Waals surface area contributed by atoms with Gasteiger partial charge in [0.15, 0.2) is 0 Å². The summed E-state index contributed by atoms with van der Waals surface area (Å²) in [5.41, 5.74) is 0.248. The topological polar surface area (TPSA) is 63.2 Å². The fourth-order valence-electron chi connectivity index (χ4n) is 1.57. The Labute approximate surface area is 138 Å². The van der Waals surface area contributed by atoms with Gasteiger partial charge < -0.3 is 5.32 Å². The monoisotopic (exact) mass is 439 g/mol. The molecule has 0 saturated heterocycles. The van der Waals surface area contributed by atoms with Crippen molar-refractivity contribution < 1.29 is 17.6 Å². The maximum Gasteiger partial charge on any atom is 0.261 e. The fourth-order valence-corrected chi connectivity index (χ4v) is 2.88. The number of carbonyl (C=O) groups excluding carboxylic acids is 1. The van der Waals surface area contributed by atoms with Gasteiger partial charge in [0.05, 0.1) is 10.6 Å². The van der Waals surface area contributed by atoms with Gasteiger partial charge in [0.1, 0.15) is 5.82 Å². The van der Waals surface area contributed by atoms with Crippen LogP contribution in [0.1, 0.15) is 10.4 Å². The van der Waals surface area contributed by atoms with Crippen molar-refractivity contribution >= 4 is 53.9 Å². The summed E-state index contributed by atoms with van der Waals surface area (Å²) in [6.07, 6.45) is 0. The Morgan fingerprint density at radius 1 is 1.19 bits per heavy atom. The van der Waals surface area contributed by atoms with E-state index in [-0.39, 0.29) is 10.6 Å². The molecule has 0 spiro atoms. The zero-order valence-corrected chi connectivity index (χ0v) is 14.0. The van der Waals surface area contributed by atoms with E-state index >= 15 is 0 Å². The maximum absolute atomic E-state index is 13.8. The molecule has 0 aromatic heterocycles. The summed E-state index contributed by atoms with van der Waals surface area (Å²) >= 11 is 2.05. The summed E-state index contributed by atoms with van der Waals surface area (Å²) in [5.74, 6) is -1.37. The molecule has 0 fully saturated rings. The van der Waals surface area contributed by atoms with Crippen LogP contribution in [0, 0.1) is 9.39 Å². The summed E-state index contributed by atoms with van der Waals surface area (Å²) in [5, 5.41) is 2.38. The Balaban J connectivity index is 2.26. The molecule has 0 saturated carbocycles. The van der Waals surface area contributed by atoms with E-state index in [2.05, 4.69) is 27.9 Å². The van der Waals surface area contributed by atoms with Crippen LogP contribution in [-0.2, 0) is 9.05 Å². The highest BCUT2D eigenvalue weighted by atomic mass is 127. The minimum Gasteiger partial charge on any atom is -0.319 e. The van der Waals surface area contributed by atoms with Crippen molar-refractivity contribution in [2.75, 3.05) is 5.32 Å². The Kier molecular flexibility index (Phi) is 4.84. The summed E-state index contributed by atoms with van der Waals surface area (Å²) in [6, 6.07) is 9.78. The average Bonchev–Trinajstić information content (AvgIpc) is 2.39. The predicted molar refractivity (Wildman–Crippen MR) is 86.6 cm³/mol. The molecule has 0 atom stereocenters. The first kappa shape index (κ1) is 16.2. The standard InChI is InChI=1S/C13H8ClFINO3S/c14-21(19,20)10-4-5-12(11(15)7-10)17-13(18)8-2-1-3-9(16)6-8/h1-7H,(H,17,18). The lowest BCUT2D eigenvalue weighted by molar-refractivity contribution is 0.102. The van der Waals surface area contributed by atoms with Crippen molar-refractivity contribution in [3.8, 4) is 0 Å². The van der Waals surface area contributed by atoms with Crippen LogP contribution in [0.15, 0.2) is 47.4 Å². The van der Waals surface area contributed by atoms with E-state index in [1.54, 1.807) is 18.2 Å². The molecule has 0 aliphatic heterocycles. The predicted octanol–water partition coefficient (Wildman–Crippen LogP) is 3.61. The van der Waals surface area contributed by atoms with Gasteiger partial charge in [-0.1, -0.05) is 6.07 Å². The average molecular weight is 440 g/mol. The van der Waals surface area contributed by atoms with E-state index in [0.29, 0.717) is 5.56 Å². The van der Waals surface area contributed by atoms with Crippen molar-refractivity contribution in [1.82, 2.24) is 0 Å². The Morgan fingerprint density at radius 3 is 2.48 bits per heavy atom. The highest BCUT2D eigenvalue weighted by Crippen LogP contribution is 2.22. The maximum atomic E-state index is 13.8. The number of hydrogen-bond acceptors (Lipinski definition) is 3. The quantitative estimate of drug-likeness (QED) is 0.587. The summed E-state index contributed by atoms with van der Waals surface area (Å²) in [6.45, 7) is 0. The van der Waals surface area contributed by atoms with Crippen molar-refractivity contribution in [3.05, 3.63) is 57.4 Å². The minimum atomic E-state index is -4.01. The third kappa shape index (κ3) is 4.14. The van der Waals surface area contributed by atoms with Crippen molar-refractivity contribution in [1.29, 1.82) is 0 Å². The number of anilines is 1. The zero-order valence-electron chi connectivity index (χ0n) is 10.3. The molecule has 0 aliphatic rings. The van der Waals surface area contributed by atoms with Crippen LogP contribution in [0.3, 0.4) is 0 Å². The number of hydrogen-bond donors (Lipinski definition) is 1. The molecule has 0 radical (unpaired) electrons. The van der Waals surface area contributed by atoms with Crippen molar-refractivity contribution in [2.45, 2.75) is 4.90 Å². The molecule has 8 heteroatoms. The first-order valence-corrected chi connectivity index (χ1v) is 8.97. The van der Waals surface area contributed by atoms with Gasteiger partial charge in [-0.15, -0.1) is 0 Å². The number of benzene rings is 2. The van der Waals surface area contributed by atoms with Crippen LogP contribution in [0.4, 0.5) is 10.1 Å². The van der Waals surface area contributed by atoms with E-state index < -0.39 is 20.8 Å². The largest absolute Gasteiger partial charge is 0.319 e. The highest BCUT2D eigenvalue weighted by Gasteiger charge is 2.15.